The van der Waals surface area contributed by atoms with Crippen molar-refractivity contribution in [3.8, 4) is 0 Å². The van der Waals surface area contributed by atoms with Crippen molar-refractivity contribution in [1.29, 1.82) is 0 Å². The van der Waals surface area contributed by atoms with E-state index in [1.165, 1.54) is 25.7 Å². The molecule has 0 fully saturated rings. The quantitative estimate of drug-likeness (QED) is 0.170. The largest absolute Gasteiger partial charge is 0.382 e. The van der Waals surface area contributed by atoms with E-state index in [4.69, 9.17) is 25.3 Å². The Morgan fingerprint density at radius 3 is 1.28 bits per heavy atom. The molecule has 202 valence electrons. The van der Waals surface area contributed by atoms with Gasteiger partial charge in [0.25, 0.3) is 0 Å². The summed E-state index contributed by atoms with van der Waals surface area (Å²) in [6.45, 7) is 13.7. The molecule has 3 rings (SSSR count). The van der Waals surface area contributed by atoms with Gasteiger partial charge in [-0.15, -0.1) is 25.3 Å². The fourth-order valence-corrected chi connectivity index (χ4v) is 6.84. The van der Waals surface area contributed by atoms with Crippen LogP contribution in [0.3, 0.4) is 0 Å². The van der Waals surface area contributed by atoms with E-state index in [1.54, 1.807) is 0 Å². The molecule has 3 aliphatic rings. The highest BCUT2D eigenvalue weighted by Gasteiger charge is 2.59. The Labute approximate surface area is 231 Å². The lowest BCUT2D eigenvalue weighted by atomic mass is 9.60. The summed E-state index contributed by atoms with van der Waals surface area (Å²) in [7, 11) is 0. The minimum Gasteiger partial charge on any atom is -0.382 e. The summed E-state index contributed by atoms with van der Waals surface area (Å²) in [6.07, 6.45) is 18.0. The molecule has 0 aromatic heterocycles. The highest BCUT2D eigenvalue weighted by atomic mass is 32.1. The zero-order chi connectivity index (χ0) is 26.7. The molecule has 0 saturated carbocycles. The fourth-order valence-electron chi connectivity index (χ4n) is 6.23. The summed E-state index contributed by atoms with van der Waals surface area (Å²) in [6, 6.07) is 0. The Bertz CT molecular complexity index is 875. The molecule has 4 atom stereocenters. The Hall–Kier alpha value is -0.680. The van der Waals surface area contributed by atoms with Gasteiger partial charge in [0.1, 0.15) is 11.2 Å². The molecule has 4 heteroatoms. The summed E-state index contributed by atoms with van der Waals surface area (Å²) < 4.78 is 0. The van der Waals surface area contributed by atoms with Crippen molar-refractivity contribution >= 4 is 25.3 Å². The van der Waals surface area contributed by atoms with Crippen LogP contribution < -0.4 is 0 Å². The van der Waals surface area contributed by atoms with Gasteiger partial charge in [-0.25, -0.2) is 0 Å². The van der Waals surface area contributed by atoms with E-state index in [0.717, 1.165) is 69.6 Å². The molecule has 0 radical (unpaired) electrons. The van der Waals surface area contributed by atoms with Crippen LogP contribution >= 0.6 is 25.3 Å². The van der Waals surface area contributed by atoms with E-state index in [1.807, 2.05) is 24.3 Å². The Morgan fingerprint density at radius 1 is 0.583 bits per heavy atom. The topological polar surface area (TPSA) is 40.5 Å². The van der Waals surface area contributed by atoms with E-state index in [-0.39, 0.29) is 0 Å². The average Bonchev–Trinajstić information content (AvgIpc) is 3.37. The second-order valence-corrected chi connectivity index (χ2v) is 13.6. The number of thiol groups is 2. The van der Waals surface area contributed by atoms with Crippen molar-refractivity contribution < 1.29 is 10.2 Å². The lowest BCUT2D eigenvalue weighted by Gasteiger charge is -2.51. The normalized spacial score (nSPS) is 27.1. The number of rotatable bonds is 14. The fraction of sp³-hybridized carbons (Fsp3) is 0.688. The van der Waals surface area contributed by atoms with Crippen molar-refractivity contribution in [2.24, 2.45) is 23.7 Å². The summed E-state index contributed by atoms with van der Waals surface area (Å²) in [5, 5.41) is 25.1. The van der Waals surface area contributed by atoms with Crippen molar-refractivity contribution in [2.75, 3.05) is 0 Å². The smallest absolute Gasteiger partial charge is 0.123 e. The van der Waals surface area contributed by atoms with Crippen molar-refractivity contribution in [1.82, 2.24) is 0 Å². The van der Waals surface area contributed by atoms with Crippen LogP contribution in [-0.4, -0.2) is 21.4 Å². The van der Waals surface area contributed by atoms with E-state index >= 15 is 0 Å². The third-order valence-electron chi connectivity index (χ3n) is 8.65. The van der Waals surface area contributed by atoms with Crippen LogP contribution in [0.5, 0.6) is 0 Å². The van der Waals surface area contributed by atoms with Gasteiger partial charge in [0.15, 0.2) is 0 Å². The lowest BCUT2D eigenvalue weighted by molar-refractivity contribution is -0.119. The summed E-state index contributed by atoms with van der Waals surface area (Å²) in [5.74, 6) is 2.45. The van der Waals surface area contributed by atoms with Gasteiger partial charge in [-0.05, 0) is 72.7 Å². The zero-order valence-electron chi connectivity index (χ0n) is 23.5. The van der Waals surface area contributed by atoms with Crippen LogP contribution in [0.2, 0.25) is 0 Å². The molecule has 0 aromatic rings. The van der Waals surface area contributed by atoms with Gasteiger partial charge in [0.05, 0.1) is 0 Å². The molecule has 0 amide bonds. The van der Waals surface area contributed by atoms with Gasteiger partial charge < -0.3 is 10.2 Å². The van der Waals surface area contributed by atoms with Gasteiger partial charge in [-0.2, -0.15) is 0 Å². The van der Waals surface area contributed by atoms with Gasteiger partial charge >= 0.3 is 0 Å². The predicted molar refractivity (Wildman–Crippen MR) is 161 cm³/mol. The van der Waals surface area contributed by atoms with Gasteiger partial charge in [0.2, 0.25) is 0 Å². The van der Waals surface area contributed by atoms with Crippen LogP contribution in [0.1, 0.15) is 106 Å². The maximum Gasteiger partial charge on any atom is 0.123 e. The summed E-state index contributed by atoms with van der Waals surface area (Å²) >= 11 is 9.51. The molecule has 0 aromatic carbocycles. The Morgan fingerprint density at radius 2 is 0.944 bits per heavy atom. The molecular formula is C32H50O2S2. The molecule has 2 nitrogen and oxygen atoms in total. The minimum absolute atomic E-state index is 0.502. The molecule has 0 heterocycles. The molecule has 4 unspecified atom stereocenters. The predicted octanol–water partition coefficient (Wildman–Crippen LogP) is 8.75. The highest BCUT2D eigenvalue weighted by molar-refractivity contribution is 7.85. The van der Waals surface area contributed by atoms with E-state index in [9.17, 15) is 10.2 Å². The molecule has 0 saturated heterocycles. The Kier molecular flexibility index (Phi) is 10.3. The number of fused-ring (bicyclic) bond motifs is 2. The van der Waals surface area contributed by atoms with Crippen LogP contribution in [0.15, 0.2) is 56.4 Å². The first-order chi connectivity index (χ1) is 16.9. The van der Waals surface area contributed by atoms with Crippen LogP contribution in [0, 0.1) is 23.7 Å². The molecule has 0 spiro atoms. The minimum atomic E-state index is -1.34. The van der Waals surface area contributed by atoms with E-state index < -0.39 is 11.2 Å². The lowest BCUT2D eigenvalue weighted by Crippen LogP contribution is -2.59. The van der Waals surface area contributed by atoms with Gasteiger partial charge in [0, 0.05) is 21.0 Å². The Balaban J connectivity index is 1.86. The molecule has 2 N–H and O–H groups in total. The summed E-state index contributed by atoms with van der Waals surface area (Å²) in [4.78, 5) is 1.69. The number of hydrogen-bond acceptors (Lipinski definition) is 4. The third-order valence-corrected chi connectivity index (χ3v) is 9.39. The van der Waals surface area contributed by atoms with Gasteiger partial charge in [-0.3, -0.25) is 0 Å². The molecule has 36 heavy (non-hydrogen) atoms. The number of allylic oxidation sites excluding steroid dienone is 6. The maximum absolute atomic E-state index is 12.5. The first kappa shape index (κ1) is 29.9. The van der Waals surface area contributed by atoms with Crippen LogP contribution in [-0.2, 0) is 0 Å². The molecule has 0 aliphatic heterocycles. The van der Waals surface area contributed by atoms with Crippen molar-refractivity contribution in [3.63, 3.8) is 0 Å². The SMILES string of the molecule is CC(C)CCCC(C)CCC1(O)C2=CC=C(S)C2=C2C(S)=CC=C2C1(O)CCC(C)CCCC(C)C. The molecule has 3 aliphatic carbocycles. The highest BCUT2D eigenvalue weighted by Crippen LogP contribution is 2.58. The maximum atomic E-state index is 12.5. The monoisotopic (exact) mass is 530 g/mol. The third kappa shape index (κ3) is 6.30. The standard InChI is InChI=1S/C32H50O2S2/c1-21(2)9-7-11-23(5)17-19-31(33)25-13-15-27(35)29(25)30-26(14-16-28(30)36)32(31,34)20-18-24(6)12-8-10-22(3)4/h13-16,21-24,33-36H,7-12,17-20H2,1-6H3. The average molecular weight is 531 g/mol. The molecule has 0 bridgehead atoms. The summed E-state index contributed by atoms with van der Waals surface area (Å²) in [5.41, 5.74) is 0.876. The van der Waals surface area contributed by atoms with Crippen molar-refractivity contribution in [2.45, 2.75) is 117 Å². The second kappa shape index (κ2) is 12.5. The second-order valence-electron chi connectivity index (χ2n) is 12.7. The van der Waals surface area contributed by atoms with Gasteiger partial charge in [-0.1, -0.05) is 92.2 Å². The number of hydrogen-bond donors (Lipinski definition) is 4. The van der Waals surface area contributed by atoms with Crippen molar-refractivity contribution in [3.05, 3.63) is 56.4 Å². The first-order valence-corrected chi connectivity index (χ1v) is 15.2. The van der Waals surface area contributed by atoms with E-state index in [2.05, 4.69) is 41.5 Å². The zero-order valence-corrected chi connectivity index (χ0v) is 25.3. The first-order valence-electron chi connectivity index (χ1n) is 14.3. The van der Waals surface area contributed by atoms with E-state index in [0.29, 0.717) is 24.7 Å². The van der Waals surface area contributed by atoms with Crippen LogP contribution in [0.4, 0.5) is 0 Å². The number of aliphatic hydroxyl groups is 2. The van der Waals surface area contributed by atoms with Crippen LogP contribution in [0.25, 0.3) is 0 Å². The molecular weight excluding hydrogens is 480 g/mol.